The molecule has 1 atom stereocenters. The summed E-state index contributed by atoms with van der Waals surface area (Å²) < 4.78 is 5.69. The predicted molar refractivity (Wildman–Crippen MR) is 93.2 cm³/mol. The fourth-order valence-electron chi connectivity index (χ4n) is 3.02. The minimum Gasteiger partial charge on any atom is -0.453 e. The van der Waals surface area contributed by atoms with E-state index in [1.54, 1.807) is 11.3 Å². The Labute approximate surface area is 144 Å². The number of para-hydroxylation sites is 1. The molecule has 3 rings (SSSR count). The summed E-state index contributed by atoms with van der Waals surface area (Å²) in [6, 6.07) is 7.85. The minimum absolute atomic E-state index is 0.319. The van der Waals surface area contributed by atoms with Crippen LogP contribution in [0.3, 0.4) is 0 Å². The number of alkyl carbamates (subject to hydrolysis) is 1. The second-order valence-corrected chi connectivity index (χ2v) is 7.05. The third-order valence-corrected chi connectivity index (χ3v) is 5.73. The number of aromatic nitrogens is 1. The van der Waals surface area contributed by atoms with Gasteiger partial charge in [-0.1, -0.05) is 12.1 Å². The summed E-state index contributed by atoms with van der Waals surface area (Å²) in [6.45, 7) is 3.45. The Balaban J connectivity index is 1.59. The SMILES string of the molecule is COC(=O)NC(=O)[C@H](C)N1CCC(c2nc3ccccc3s2)CC1. The Hall–Kier alpha value is -1.99. The maximum atomic E-state index is 12.0. The van der Waals surface area contributed by atoms with Crippen molar-refractivity contribution in [3.8, 4) is 0 Å². The first kappa shape index (κ1) is 16.9. The summed E-state index contributed by atoms with van der Waals surface area (Å²) in [5.74, 6) is 0.120. The number of methoxy groups -OCH3 is 1. The van der Waals surface area contributed by atoms with Crippen molar-refractivity contribution in [3.63, 3.8) is 0 Å². The zero-order chi connectivity index (χ0) is 17.1. The Morgan fingerprint density at radius 1 is 1.33 bits per heavy atom. The second-order valence-electron chi connectivity index (χ2n) is 5.99. The van der Waals surface area contributed by atoms with Crippen molar-refractivity contribution in [2.75, 3.05) is 20.2 Å². The summed E-state index contributed by atoms with van der Waals surface area (Å²) >= 11 is 1.76. The average molecular weight is 347 g/mol. The lowest BCUT2D eigenvalue weighted by molar-refractivity contribution is -0.125. The van der Waals surface area contributed by atoms with Gasteiger partial charge in [0.2, 0.25) is 5.91 Å². The fraction of sp³-hybridized carbons (Fsp3) is 0.471. The number of hydrogen-bond acceptors (Lipinski definition) is 6. The van der Waals surface area contributed by atoms with Crippen molar-refractivity contribution in [1.29, 1.82) is 0 Å². The van der Waals surface area contributed by atoms with Gasteiger partial charge < -0.3 is 4.74 Å². The summed E-state index contributed by atoms with van der Waals surface area (Å²) in [6.07, 6.45) is 1.22. The first-order chi connectivity index (χ1) is 11.6. The van der Waals surface area contributed by atoms with Gasteiger partial charge >= 0.3 is 6.09 Å². The van der Waals surface area contributed by atoms with Crippen LogP contribution in [0.1, 0.15) is 30.7 Å². The molecule has 1 aromatic carbocycles. The highest BCUT2D eigenvalue weighted by molar-refractivity contribution is 7.18. The molecule has 1 aromatic heterocycles. The summed E-state index contributed by atoms with van der Waals surface area (Å²) in [7, 11) is 1.25. The molecule has 2 aromatic rings. The third-order valence-electron chi connectivity index (χ3n) is 4.53. The van der Waals surface area contributed by atoms with E-state index in [2.05, 4.69) is 21.0 Å². The zero-order valence-electron chi connectivity index (χ0n) is 13.8. The molecule has 0 bridgehead atoms. The van der Waals surface area contributed by atoms with Crippen LogP contribution in [0, 0.1) is 0 Å². The van der Waals surface area contributed by atoms with Gasteiger partial charge in [-0.3, -0.25) is 15.0 Å². The van der Waals surface area contributed by atoms with E-state index in [-0.39, 0.29) is 11.9 Å². The van der Waals surface area contributed by atoms with Crippen molar-refractivity contribution >= 4 is 33.6 Å². The Bertz CT molecular complexity index is 705. The molecule has 7 heteroatoms. The largest absolute Gasteiger partial charge is 0.453 e. The topological polar surface area (TPSA) is 71.5 Å². The lowest BCUT2D eigenvalue weighted by atomic mass is 9.96. The smallest absolute Gasteiger partial charge is 0.413 e. The van der Waals surface area contributed by atoms with Crippen LogP contribution in [0.5, 0.6) is 0 Å². The van der Waals surface area contributed by atoms with E-state index in [0.29, 0.717) is 5.92 Å². The summed E-state index contributed by atoms with van der Waals surface area (Å²) in [5, 5.41) is 3.42. The standard InChI is InChI=1S/C17H21N3O3S/c1-11(15(21)19-17(22)23-2)20-9-7-12(8-10-20)16-18-13-5-3-4-6-14(13)24-16/h3-6,11-12H,7-10H2,1-2H3,(H,19,21,22)/t11-/m0/s1. The molecule has 1 aliphatic rings. The zero-order valence-corrected chi connectivity index (χ0v) is 14.6. The highest BCUT2D eigenvalue weighted by Crippen LogP contribution is 2.34. The number of carbonyl (C=O) groups excluding carboxylic acids is 2. The highest BCUT2D eigenvalue weighted by Gasteiger charge is 2.29. The Kier molecular flexibility index (Phi) is 5.11. The normalized spacial score (nSPS) is 17.6. The number of rotatable bonds is 3. The predicted octanol–water partition coefficient (Wildman–Crippen LogP) is 2.75. The van der Waals surface area contributed by atoms with E-state index in [9.17, 15) is 9.59 Å². The van der Waals surface area contributed by atoms with Crippen molar-refractivity contribution in [1.82, 2.24) is 15.2 Å². The number of imide groups is 1. The molecule has 0 saturated carbocycles. The second kappa shape index (κ2) is 7.27. The molecule has 1 saturated heterocycles. The quantitative estimate of drug-likeness (QED) is 0.924. The molecule has 2 heterocycles. The van der Waals surface area contributed by atoms with Crippen LogP contribution < -0.4 is 5.32 Å². The van der Waals surface area contributed by atoms with E-state index in [0.717, 1.165) is 31.4 Å². The number of fused-ring (bicyclic) bond motifs is 1. The lowest BCUT2D eigenvalue weighted by Gasteiger charge is -2.34. The number of benzene rings is 1. The number of nitrogens with one attached hydrogen (secondary N) is 1. The number of ether oxygens (including phenoxy) is 1. The number of carbonyl (C=O) groups is 2. The van der Waals surface area contributed by atoms with Crippen molar-refractivity contribution < 1.29 is 14.3 Å². The third kappa shape index (κ3) is 3.57. The fourth-order valence-corrected chi connectivity index (χ4v) is 4.16. The van der Waals surface area contributed by atoms with Gasteiger partial charge in [0, 0.05) is 5.92 Å². The van der Waals surface area contributed by atoms with Gasteiger partial charge in [0.1, 0.15) is 0 Å². The molecular formula is C17H21N3O3S. The summed E-state index contributed by atoms with van der Waals surface area (Å²) in [4.78, 5) is 30.0. The van der Waals surface area contributed by atoms with Crippen LogP contribution >= 0.6 is 11.3 Å². The maximum Gasteiger partial charge on any atom is 0.413 e. The van der Waals surface area contributed by atoms with Crippen molar-refractivity contribution in [3.05, 3.63) is 29.3 Å². The molecule has 1 N–H and O–H groups in total. The van der Waals surface area contributed by atoms with Gasteiger partial charge in [-0.05, 0) is 45.0 Å². The van der Waals surface area contributed by atoms with Crippen LogP contribution in [0.4, 0.5) is 4.79 Å². The number of thiazole rings is 1. The Morgan fingerprint density at radius 2 is 2.04 bits per heavy atom. The molecular weight excluding hydrogens is 326 g/mol. The molecule has 128 valence electrons. The molecule has 0 aliphatic carbocycles. The molecule has 2 amide bonds. The van der Waals surface area contributed by atoms with Gasteiger partial charge in [-0.15, -0.1) is 11.3 Å². The molecule has 24 heavy (non-hydrogen) atoms. The van der Waals surface area contributed by atoms with Crippen molar-refractivity contribution in [2.24, 2.45) is 0 Å². The molecule has 6 nitrogen and oxygen atoms in total. The van der Waals surface area contributed by atoms with Crippen LogP contribution in [0.15, 0.2) is 24.3 Å². The molecule has 1 fully saturated rings. The monoisotopic (exact) mass is 347 g/mol. The van der Waals surface area contributed by atoms with Gasteiger partial charge in [-0.2, -0.15) is 0 Å². The number of hydrogen-bond donors (Lipinski definition) is 1. The first-order valence-corrected chi connectivity index (χ1v) is 8.88. The van der Waals surface area contributed by atoms with Gasteiger partial charge in [0.05, 0.1) is 28.4 Å². The lowest BCUT2D eigenvalue weighted by Crippen LogP contribution is -2.49. The first-order valence-electron chi connectivity index (χ1n) is 8.07. The van der Waals surface area contributed by atoms with Gasteiger partial charge in [-0.25, -0.2) is 9.78 Å². The van der Waals surface area contributed by atoms with E-state index >= 15 is 0 Å². The van der Waals surface area contributed by atoms with E-state index < -0.39 is 6.09 Å². The molecule has 0 spiro atoms. The van der Waals surface area contributed by atoms with E-state index in [1.165, 1.54) is 16.8 Å². The number of nitrogens with zero attached hydrogens (tertiary/aromatic N) is 2. The number of piperidine rings is 1. The van der Waals surface area contributed by atoms with E-state index in [4.69, 9.17) is 4.98 Å². The number of amides is 2. The van der Waals surface area contributed by atoms with Gasteiger partial charge in [0.25, 0.3) is 0 Å². The molecule has 0 unspecified atom stereocenters. The van der Waals surface area contributed by atoms with Gasteiger partial charge in [0.15, 0.2) is 0 Å². The minimum atomic E-state index is -0.712. The van der Waals surface area contributed by atoms with Crippen LogP contribution in [-0.2, 0) is 9.53 Å². The van der Waals surface area contributed by atoms with Crippen LogP contribution in [-0.4, -0.2) is 48.1 Å². The van der Waals surface area contributed by atoms with E-state index in [1.807, 2.05) is 25.1 Å². The number of likely N-dealkylation sites (tertiary alicyclic amines) is 1. The maximum absolute atomic E-state index is 12.0. The molecule has 1 aliphatic heterocycles. The van der Waals surface area contributed by atoms with Crippen LogP contribution in [0.2, 0.25) is 0 Å². The Morgan fingerprint density at radius 3 is 2.71 bits per heavy atom. The highest BCUT2D eigenvalue weighted by atomic mass is 32.1. The average Bonchev–Trinajstić information content (AvgIpc) is 3.05. The molecule has 0 radical (unpaired) electrons. The van der Waals surface area contributed by atoms with Crippen molar-refractivity contribution in [2.45, 2.75) is 31.7 Å². The summed E-state index contributed by atoms with van der Waals surface area (Å²) in [5.41, 5.74) is 1.06. The van der Waals surface area contributed by atoms with Crippen LogP contribution in [0.25, 0.3) is 10.2 Å².